The van der Waals surface area contributed by atoms with Crippen LogP contribution in [0, 0.1) is 18.8 Å². The second-order valence-electron chi connectivity index (χ2n) is 11.0. The lowest BCUT2D eigenvalue weighted by Crippen LogP contribution is -2.60. The number of rotatable bonds is 11. The van der Waals surface area contributed by atoms with Crippen molar-refractivity contribution in [1.82, 2.24) is 14.9 Å². The third kappa shape index (κ3) is 6.74. The van der Waals surface area contributed by atoms with Crippen LogP contribution in [0.5, 0.6) is 0 Å². The molecule has 0 aromatic heterocycles. The molecule has 1 aliphatic heterocycles. The molecule has 1 aromatic carbocycles. The molecule has 1 saturated heterocycles. The average Bonchev–Trinajstić information content (AvgIpc) is 3.17. The summed E-state index contributed by atoms with van der Waals surface area (Å²) in [6.45, 7) is 7.40. The molecular formula is C26H42BN3O6S. The Morgan fingerprint density at radius 3 is 2.46 bits per heavy atom. The fourth-order valence-electron chi connectivity index (χ4n) is 5.67. The van der Waals surface area contributed by atoms with Gasteiger partial charge in [0.25, 0.3) is 0 Å². The lowest BCUT2D eigenvalue weighted by atomic mass is 9.77. The van der Waals surface area contributed by atoms with Gasteiger partial charge in [-0.2, -0.15) is 4.72 Å². The van der Waals surface area contributed by atoms with Gasteiger partial charge in [0.15, 0.2) is 0 Å². The van der Waals surface area contributed by atoms with E-state index in [0.29, 0.717) is 12.8 Å². The summed E-state index contributed by atoms with van der Waals surface area (Å²) in [5, 5.41) is 22.1. The molecule has 2 amide bonds. The SMILES string of the molecule is CC[C@H](NC(=O)[C@H](CC1CCCCC1)N1CC[C@](NS(=O)(=O)c2cccc(C)c2)(C(C)C)C1=O)B(O)O. The van der Waals surface area contributed by atoms with E-state index >= 15 is 0 Å². The van der Waals surface area contributed by atoms with Gasteiger partial charge in [0.1, 0.15) is 11.6 Å². The Hall–Kier alpha value is -1.95. The number of hydrogen-bond acceptors (Lipinski definition) is 6. The monoisotopic (exact) mass is 535 g/mol. The van der Waals surface area contributed by atoms with Crippen LogP contribution in [0.3, 0.4) is 0 Å². The second kappa shape index (κ2) is 12.3. The Morgan fingerprint density at radius 2 is 1.89 bits per heavy atom. The van der Waals surface area contributed by atoms with Crippen LogP contribution in [-0.2, 0) is 19.6 Å². The van der Waals surface area contributed by atoms with Crippen LogP contribution < -0.4 is 10.0 Å². The molecule has 9 nitrogen and oxygen atoms in total. The highest BCUT2D eigenvalue weighted by molar-refractivity contribution is 7.89. The molecule has 1 aliphatic carbocycles. The number of carbonyl (C=O) groups excluding carboxylic acids is 2. The summed E-state index contributed by atoms with van der Waals surface area (Å²) in [6, 6.07) is 5.73. The van der Waals surface area contributed by atoms with E-state index in [0.717, 1.165) is 37.7 Å². The maximum Gasteiger partial charge on any atom is 0.475 e. The van der Waals surface area contributed by atoms with Crippen LogP contribution >= 0.6 is 0 Å². The molecule has 3 rings (SSSR count). The van der Waals surface area contributed by atoms with E-state index in [4.69, 9.17) is 0 Å². The first-order chi connectivity index (χ1) is 17.4. The van der Waals surface area contributed by atoms with E-state index in [2.05, 4.69) is 10.0 Å². The standard InChI is InChI=1S/C26H42BN3O6S/c1-5-23(27(33)34)28-24(31)22(17-20-11-7-6-8-12-20)30-15-14-26(18(2)3,25(30)32)29-37(35,36)21-13-9-10-19(4)16-21/h9-10,13,16,18,20,22-23,29,33-34H,5-8,11-12,14-15,17H2,1-4H3,(H,28,31)/t22-,23-,26-/m0/s1. The molecule has 206 valence electrons. The van der Waals surface area contributed by atoms with E-state index in [1.54, 1.807) is 32.0 Å². The lowest BCUT2D eigenvalue weighted by Gasteiger charge is -2.36. The van der Waals surface area contributed by atoms with Gasteiger partial charge >= 0.3 is 7.12 Å². The van der Waals surface area contributed by atoms with Crippen molar-refractivity contribution in [3.8, 4) is 0 Å². The lowest BCUT2D eigenvalue weighted by molar-refractivity contribution is -0.142. The van der Waals surface area contributed by atoms with Crippen LogP contribution in [0.15, 0.2) is 29.2 Å². The second-order valence-corrected chi connectivity index (χ2v) is 12.7. The zero-order valence-corrected chi connectivity index (χ0v) is 23.3. The Kier molecular flexibility index (Phi) is 9.82. The number of likely N-dealkylation sites (tertiary alicyclic amines) is 1. The molecule has 2 fully saturated rings. The zero-order chi connectivity index (χ0) is 27.4. The normalized spacial score (nSPS) is 22.8. The zero-order valence-electron chi connectivity index (χ0n) is 22.4. The van der Waals surface area contributed by atoms with Crippen molar-refractivity contribution in [1.29, 1.82) is 0 Å². The molecule has 4 N–H and O–H groups in total. The molecule has 11 heteroatoms. The number of benzene rings is 1. The summed E-state index contributed by atoms with van der Waals surface area (Å²) in [6.07, 6.45) is 6.28. The predicted octanol–water partition coefficient (Wildman–Crippen LogP) is 2.15. The molecule has 0 spiro atoms. The van der Waals surface area contributed by atoms with Crippen LogP contribution in [0.1, 0.15) is 77.7 Å². The number of aryl methyl sites for hydroxylation is 1. The van der Waals surface area contributed by atoms with E-state index in [1.807, 2.05) is 13.8 Å². The topological polar surface area (TPSA) is 136 Å². The summed E-state index contributed by atoms with van der Waals surface area (Å²) < 4.78 is 29.5. The number of carbonyl (C=O) groups is 2. The number of sulfonamides is 1. The minimum Gasteiger partial charge on any atom is -0.426 e. The minimum atomic E-state index is -4.00. The van der Waals surface area contributed by atoms with Crippen molar-refractivity contribution in [2.45, 2.75) is 101 Å². The molecule has 1 aromatic rings. The molecular weight excluding hydrogens is 493 g/mol. The molecule has 37 heavy (non-hydrogen) atoms. The van der Waals surface area contributed by atoms with Gasteiger partial charge in [-0.05, 0) is 55.7 Å². The average molecular weight is 536 g/mol. The van der Waals surface area contributed by atoms with Gasteiger partial charge in [0.2, 0.25) is 21.8 Å². The van der Waals surface area contributed by atoms with Crippen molar-refractivity contribution >= 4 is 29.0 Å². The number of nitrogens with zero attached hydrogens (tertiary/aromatic N) is 1. The Morgan fingerprint density at radius 1 is 1.22 bits per heavy atom. The fraction of sp³-hybridized carbons (Fsp3) is 0.692. The Balaban J connectivity index is 1.91. The third-order valence-corrected chi connectivity index (χ3v) is 9.59. The maximum absolute atomic E-state index is 14.0. The van der Waals surface area contributed by atoms with E-state index in [-0.39, 0.29) is 29.7 Å². The first-order valence-electron chi connectivity index (χ1n) is 13.5. The van der Waals surface area contributed by atoms with Crippen LogP contribution in [0.4, 0.5) is 0 Å². The fourth-order valence-corrected chi connectivity index (χ4v) is 7.29. The Bertz CT molecular complexity index is 1060. The summed E-state index contributed by atoms with van der Waals surface area (Å²) in [5.41, 5.74) is -0.587. The van der Waals surface area contributed by atoms with E-state index in [1.165, 1.54) is 11.0 Å². The highest BCUT2D eigenvalue weighted by Gasteiger charge is 2.54. The summed E-state index contributed by atoms with van der Waals surface area (Å²) in [7, 11) is -5.71. The van der Waals surface area contributed by atoms with Crippen molar-refractivity contribution in [3.05, 3.63) is 29.8 Å². The highest BCUT2D eigenvalue weighted by atomic mass is 32.2. The van der Waals surface area contributed by atoms with Crippen LogP contribution in [-0.4, -0.2) is 66.4 Å². The quantitative estimate of drug-likeness (QED) is 0.321. The molecule has 2 aliphatic rings. The van der Waals surface area contributed by atoms with E-state index in [9.17, 15) is 28.1 Å². The molecule has 0 bridgehead atoms. The summed E-state index contributed by atoms with van der Waals surface area (Å²) in [4.78, 5) is 29.1. The predicted molar refractivity (Wildman–Crippen MR) is 143 cm³/mol. The summed E-state index contributed by atoms with van der Waals surface area (Å²) in [5.74, 6) is -1.78. The first-order valence-corrected chi connectivity index (χ1v) is 15.0. The van der Waals surface area contributed by atoms with Crippen LogP contribution in [0.2, 0.25) is 0 Å². The van der Waals surface area contributed by atoms with Crippen molar-refractivity contribution < 1.29 is 28.1 Å². The van der Waals surface area contributed by atoms with Gasteiger partial charge in [-0.15, -0.1) is 0 Å². The number of nitrogens with one attached hydrogen (secondary N) is 2. The molecule has 3 atom stereocenters. The van der Waals surface area contributed by atoms with Crippen molar-refractivity contribution in [2.24, 2.45) is 11.8 Å². The molecule has 1 heterocycles. The van der Waals surface area contributed by atoms with Gasteiger partial charge in [-0.3, -0.25) is 9.59 Å². The van der Waals surface area contributed by atoms with Crippen LogP contribution in [0.25, 0.3) is 0 Å². The van der Waals surface area contributed by atoms with Crippen molar-refractivity contribution in [3.63, 3.8) is 0 Å². The summed E-state index contributed by atoms with van der Waals surface area (Å²) >= 11 is 0. The van der Waals surface area contributed by atoms with Gasteiger partial charge in [-0.25, -0.2) is 8.42 Å². The van der Waals surface area contributed by atoms with E-state index < -0.39 is 46.5 Å². The Labute approximate surface area is 221 Å². The maximum atomic E-state index is 14.0. The first kappa shape index (κ1) is 29.6. The number of hydrogen-bond donors (Lipinski definition) is 4. The molecule has 1 saturated carbocycles. The molecule has 0 unspecified atom stereocenters. The van der Waals surface area contributed by atoms with Gasteiger partial charge in [0, 0.05) is 6.54 Å². The van der Waals surface area contributed by atoms with Gasteiger partial charge in [0.05, 0.1) is 10.8 Å². The van der Waals surface area contributed by atoms with Crippen molar-refractivity contribution in [2.75, 3.05) is 6.54 Å². The number of amides is 2. The molecule has 0 radical (unpaired) electrons. The third-order valence-electron chi connectivity index (χ3n) is 8.08. The van der Waals surface area contributed by atoms with Gasteiger partial charge < -0.3 is 20.3 Å². The minimum absolute atomic E-state index is 0.0954. The smallest absolute Gasteiger partial charge is 0.426 e. The van der Waals surface area contributed by atoms with Gasteiger partial charge in [-0.1, -0.05) is 65.0 Å². The largest absolute Gasteiger partial charge is 0.475 e. The highest BCUT2D eigenvalue weighted by Crippen LogP contribution is 2.36.